The van der Waals surface area contributed by atoms with Gasteiger partial charge in [-0.3, -0.25) is 4.79 Å². The summed E-state index contributed by atoms with van der Waals surface area (Å²) in [5.74, 6) is 2.03. The molecule has 1 N–H and O–H groups in total. The first kappa shape index (κ1) is 17.1. The number of benzene rings is 1. The van der Waals surface area contributed by atoms with Gasteiger partial charge in [-0.05, 0) is 44.0 Å². The Morgan fingerprint density at radius 3 is 2.68 bits per heavy atom. The monoisotopic (exact) mass is 341 g/mol. The van der Waals surface area contributed by atoms with Gasteiger partial charge in [0.15, 0.2) is 6.61 Å². The van der Waals surface area contributed by atoms with Gasteiger partial charge in [-0.25, -0.2) is 4.98 Å². The molecule has 0 unspecified atom stereocenters. The minimum absolute atomic E-state index is 0.0690. The maximum Gasteiger partial charge on any atom is 0.262 e. The number of aromatic nitrogens is 1. The Morgan fingerprint density at radius 2 is 1.96 bits per heavy atom. The number of carbonyl (C=O) groups is 1. The Morgan fingerprint density at radius 1 is 1.20 bits per heavy atom. The summed E-state index contributed by atoms with van der Waals surface area (Å²) in [6.45, 7) is 3.93. The highest BCUT2D eigenvalue weighted by Crippen LogP contribution is 2.22. The van der Waals surface area contributed by atoms with Crippen molar-refractivity contribution in [2.45, 2.75) is 19.8 Å². The van der Waals surface area contributed by atoms with Gasteiger partial charge in [0.05, 0.1) is 18.5 Å². The Bertz CT molecular complexity index is 742. The smallest absolute Gasteiger partial charge is 0.262 e. The molecule has 1 saturated heterocycles. The number of pyridine rings is 1. The van der Waals surface area contributed by atoms with E-state index in [0.29, 0.717) is 17.2 Å². The van der Waals surface area contributed by atoms with Crippen molar-refractivity contribution in [3.63, 3.8) is 0 Å². The van der Waals surface area contributed by atoms with Crippen LogP contribution in [0.1, 0.15) is 18.5 Å². The first-order valence-electron chi connectivity index (χ1n) is 8.45. The van der Waals surface area contributed by atoms with E-state index in [1.807, 2.05) is 31.2 Å². The van der Waals surface area contributed by atoms with Crippen molar-refractivity contribution >= 4 is 17.4 Å². The van der Waals surface area contributed by atoms with Crippen LogP contribution in [0.5, 0.6) is 11.5 Å². The zero-order valence-electron chi connectivity index (χ0n) is 14.6. The van der Waals surface area contributed by atoms with Crippen molar-refractivity contribution in [2.24, 2.45) is 0 Å². The van der Waals surface area contributed by atoms with E-state index in [-0.39, 0.29) is 12.5 Å². The lowest BCUT2D eigenvalue weighted by Crippen LogP contribution is -2.22. The van der Waals surface area contributed by atoms with E-state index in [1.54, 1.807) is 19.2 Å². The van der Waals surface area contributed by atoms with Crippen LogP contribution in [0.3, 0.4) is 0 Å². The second-order valence-corrected chi connectivity index (χ2v) is 6.01. The molecule has 6 nitrogen and oxygen atoms in total. The van der Waals surface area contributed by atoms with E-state index in [9.17, 15) is 4.79 Å². The lowest BCUT2D eigenvalue weighted by atomic mass is 10.3. The summed E-state index contributed by atoms with van der Waals surface area (Å²) in [7, 11) is 1.59. The average molecular weight is 341 g/mol. The van der Waals surface area contributed by atoms with E-state index in [2.05, 4.69) is 15.2 Å². The van der Waals surface area contributed by atoms with E-state index < -0.39 is 0 Å². The molecule has 1 amide bonds. The van der Waals surface area contributed by atoms with Crippen LogP contribution < -0.4 is 19.7 Å². The van der Waals surface area contributed by atoms with Crippen LogP contribution in [0, 0.1) is 6.92 Å². The van der Waals surface area contributed by atoms with Gasteiger partial charge >= 0.3 is 0 Å². The fourth-order valence-corrected chi connectivity index (χ4v) is 2.83. The van der Waals surface area contributed by atoms with Gasteiger partial charge in [0.25, 0.3) is 5.91 Å². The van der Waals surface area contributed by atoms with Gasteiger partial charge in [0, 0.05) is 19.2 Å². The SMILES string of the molecule is COc1cccc(OCC(=O)Nc2ccc(N3CCCC3)nc2C)c1. The van der Waals surface area contributed by atoms with Crippen LogP contribution in [0.15, 0.2) is 36.4 Å². The third-order valence-electron chi connectivity index (χ3n) is 4.19. The van der Waals surface area contributed by atoms with Crippen molar-refractivity contribution in [2.75, 3.05) is 37.0 Å². The van der Waals surface area contributed by atoms with Crippen LogP contribution in [0.4, 0.5) is 11.5 Å². The predicted octanol–water partition coefficient (Wildman–Crippen LogP) is 3.02. The largest absolute Gasteiger partial charge is 0.497 e. The summed E-state index contributed by atoms with van der Waals surface area (Å²) in [6, 6.07) is 11.0. The number of nitrogens with zero attached hydrogens (tertiary/aromatic N) is 2. The summed E-state index contributed by atoms with van der Waals surface area (Å²) < 4.78 is 10.6. The van der Waals surface area contributed by atoms with Crippen molar-refractivity contribution in [3.8, 4) is 11.5 Å². The summed E-state index contributed by atoms with van der Waals surface area (Å²) in [5.41, 5.74) is 1.52. The molecule has 0 atom stereocenters. The summed E-state index contributed by atoms with van der Waals surface area (Å²) in [6.07, 6.45) is 2.42. The quantitative estimate of drug-likeness (QED) is 0.875. The molecule has 1 aromatic carbocycles. The fourth-order valence-electron chi connectivity index (χ4n) is 2.83. The van der Waals surface area contributed by atoms with Crippen LogP contribution >= 0.6 is 0 Å². The molecular weight excluding hydrogens is 318 g/mol. The molecule has 132 valence electrons. The van der Waals surface area contributed by atoms with Gasteiger partial charge in [0.2, 0.25) is 0 Å². The average Bonchev–Trinajstić information content (AvgIpc) is 3.16. The first-order chi connectivity index (χ1) is 12.2. The first-order valence-corrected chi connectivity index (χ1v) is 8.45. The van der Waals surface area contributed by atoms with Crippen LogP contribution in [-0.2, 0) is 4.79 Å². The summed E-state index contributed by atoms with van der Waals surface area (Å²) in [5, 5.41) is 2.85. The molecule has 6 heteroatoms. The lowest BCUT2D eigenvalue weighted by molar-refractivity contribution is -0.118. The van der Waals surface area contributed by atoms with Gasteiger partial charge in [-0.15, -0.1) is 0 Å². The van der Waals surface area contributed by atoms with Crippen LogP contribution in [-0.4, -0.2) is 37.7 Å². The molecule has 2 heterocycles. The van der Waals surface area contributed by atoms with Crippen molar-refractivity contribution in [1.82, 2.24) is 4.98 Å². The third kappa shape index (κ3) is 4.41. The van der Waals surface area contributed by atoms with Crippen LogP contribution in [0.25, 0.3) is 0 Å². The maximum atomic E-state index is 12.1. The fraction of sp³-hybridized carbons (Fsp3) is 0.368. The molecule has 25 heavy (non-hydrogen) atoms. The molecule has 1 aliphatic heterocycles. The Hall–Kier alpha value is -2.76. The highest BCUT2D eigenvalue weighted by molar-refractivity contribution is 5.92. The predicted molar refractivity (Wildman–Crippen MR) is 97.5 cm³/mol. The second kappa shape index (κ2) is 7.88. The third-order valence-corrected chi connectivity index (χ3v) is 4.19. The van der Waals surface area contributed by atoms with Gasteiger partial charge in [0.1, 0.15) is 17.3 Å². The molecule has 1 fully saturated rings. The molecule has 1 aliphatic rings. The Labute approximate surface area is 147 Å². The van der Waals surface area contributed by atoms with E-state index in [0.717, 1.165) is 24.6 Å². The topological polar surface area (TPSA) is 63.7 Å². The second-order valence-electron chi connectivity index (χ2n) is 6.01. The number of rotatable bonds is 6. The summed E-state index contributed by atoms with van der Waals surface area (Å²) >= 11 is 0. The van der Waals surface area contributed by atoms with Crippen LogP contribution in [0.2, 0.25) is 0 Å². The number of amides is 1. The number of aryl methyl sites for hydroxylation is 1. The molecule has 0 radical (unpaired) electrons. The standard InChI is InChI=1S/C19H23N3O3/c1-14-17(8-9-18(20-14)22-10-3-4-11-22)21-19(23)13-25-16-7-5-6-15(12-16)24-2/h5-9,12H,3-4,10-11,13H2,1-2H3,(H,21,23). The Balaban J connectivity index is 1.57. The number of ether oxygens (including phenoxy) is 2. The van der Waals surface area contributed by atoms with E-state index >= 15 is 0 Å². The number of methoxy groups -OCH3 is 1. The van der Waals surface area contributed by atoms with Gasteiger partial charge < -0.3 is 19.7 Å². The lowest BCUT2D eigenvalue weighted by Gasteiger charge is -2.18. The molecule has 1 aromatic heterocycles. The number of hydrogen-bond donors (Lipinski definition) is 1. The molecular formula is C19H23N3O3. The normalized spacial score (nSPS) is 13.6. The molecule has 0 aliphatic carbocycles. The minimum atomic E-state index is -0.221. The van der Waals surface area contributed by atoms with Gasteiger partial charge in [-0.1, -0.05) is 6.07 Å². The molecule has 2 aromatic rings. The van der Waals surface area contributed by atoms with Crippen molar-refractivity contribution in [1.29, 1.82) is 0 Å². The molecule has 3 rings (SSSR count). The Kier molecular flexibility index (Phi) is 5.38. The summed E-state index contributed by atoms with van der Waals surface area (Å²) in [4.78, 5) is 19.0. The molecule has 0 saturated carbocycles. The van der Waals surface area contributed by atoms with Gasteiger partial charge in [-0.2, -0.15) is 0 Å². The minimum Gasteiger partial charge on any atom is -0.497 e. The zero-order valence-corrected chi connectivity index (χ0v) is 14.6. The number of hydrogen-bond acceptors (Lipinski definition) is 5. The van der Waals surface area contributed by atoms with Crippen molar-refractivity contribution in [3.05, 3.63) is 42.1 Å². The molecule has 0 bridgehead atoms. The highest BCUT2D eigenvalue weighted by Gasteiger charge is 2.15. The number of anilines is 2. The van der Waals surface area contributed by atoms with E-state index in [1.165, 1.54) is 12.8 Å². The van der Waals surface area contributed by atoms with Crippen molar-refractivity contribution < 1.29 is 14.3 Å². The number of carbonyl (C=O) groups excluding carboxylic acids is 1. The number of nitrogens with one attached hydrogen (secondary N) is 1. The highest BCUT2D eigenvalue weighted by atomic mass is 16.5. The van der Waals surface area contributed by atoms with E-state index in [4.69, 9.17) is 9.47 Å². The maximum absolute atomic E-state index is 12.1. The zero-order chi connectivity index (χ0) is 17.6. The molecule has 0 spiro atoms.